The average molecular weight is 314 g/mol. The van der Waals surface area contributed by atoms with Crippen LogP contribution in [-0.4, -0.2) is 47.2 Å². The van der Waals surface area contributed by atoms with Crippen molar-refractivity contribution >= 4 is 5.91 Å². The summed E-state index contributed by atoms with van der Waals surface area (Å²) >= 11 is 0. The highest BCUT2D eigenvalue weighted by molar-refractivity contribution is 5.78. The Kier molecular flexibility index (Phi) is 3.90. The first kappa shape index (κ1) is 15.2. The van der Waals surface area contributed by atoms with E-state index in [9.17, 15) is 4.79 Å². The Balaban J connectivity index is 1.51. The molecule has 0 radical (unpaired) electrons. The number of likely N-dealkylation sites (tertiary alicyclic amines) is 1. The molecule has 1 aromatic carbocycles. The number of hydrogen-bond acceptors (Lipinski definition) is 3. The maximum atomic E-state index is 12.5. The molecule has 3 aliphatic rings. The van der Waals surface area contributed by atoms with Crippen LogP contribution in [-0.2, 0) is 16.1 Å². The van der Waals surface area contributed by atoms with E-state index in [1.165, 1.54) is 5.56 Å². The topological polar surface area (TPSA) is 32.8 Å². The minimum absolute atomic E-state index is 0.283. The first-order chi connectivity index (χ1) is 11.2. The molecule has 0 aromatic heterocycles. The van der Waals surface area contributed by atoms with Crippen molar-refractivity contribution < 1.29 is 9.53 Å². The van der Waals surface area contributed by atoms with Crippen molar-refractivity contribution in [3.05, 3.63) is 35.9 Å². The number of piperidine rings is 2. The molecule has 1 aromatic rings. The minimum Gasteiger partial charge on any atom is -0.353 e. The highest BCUT2D eigenvalue weighted by Crippen LogP contribution is 2.46. The zero-order valence-corrected chi connectivity index (χ0v) is 13.9. The molecule has 3 atom stereocenters. The molecular formula is C19H26N2O2. The third-order valence-corrected chi connectivity index (χ3v) is 5.90. The third kappa shape index (κ3) is 2.48. The smallest absolute Gasteiger partial charge is 0.225 e. The molecule has 124 valence electrons. The van der Waals surface area contributed by atoms with E-state index in [0.717, 1.165) is 45.5 Å². The molecule has 1 spiro atoms. The van der Waals surface area contributed by atoms with Crippen LogP contribution in [0.4, 0.5) is 0 Å². The van der Waals surface area contributed by atoms with Crippen molar-refractivity contribution in [3.8, 4) is 0 Å². The molecule has 3 heterocycles. The summed E-state index contributed by atoms with van der Waals surface area (Å²) in [6.07, 6.45) is 3.60. The Morgan fingerprint density at radius 1 is 1.30 bits per heavy atom. The molecule has 4 heteroatoms. The predicted molar refractivity (Wildman–Crippen MR) is 88.7 cm³/mol. The van der Waals surface area contributed by atoms with Crippen LogP contribution >= 0.6 is 0 Å². The summed E-state index contributed by atoms with van der Waals surface area (Å²) < 4.78 is 6.30. The maximum absolute atomic E-state index is 12.5. The van der Waals surface area contributed by atoms with E-state index >= 15 is 0 Å². The summed E-state index contributed by atoms with van der Waals surface area (Å²) in [4.78, 5) is 17.2. The molecule has 1 amide bonds. The first-order valence-corrected chi connectivity index (χ1v) is 8.95. The van der Waals surface area contributed by atoms with Crippen LogP contribution in [0.2, 0.25) is 0 Å². The maximum Gasteiger partial charge on any atom is 0.225 e. The van der Waals surface area contributed by atoms with E-state index in [1.807, 2.05) is 0 Å². The number of benzene rings is 1. The van der Waals surface area contributed by atoms with Crippen LogP contribution in [0.25, 0.3) is 0 Å². The number of ether oxygens (including phenoxy) is 1. The Labute approximate surface area is 138 Å². The van der Waals surface area contributed by atoms with Crippen molar-refractivity contribution in [2.24, 2.45) is 5.92 Å². The first-order valence-electron chi connectivity index (χ1n) is 8.95. The fraction of sp³-hybridized carbons (Fsp3) is 0.632. The van der Waals surface area contributed by atoms with E-state index in [2.05, 4.69) is 47.1 Å². The van der Waals surface area contributed by atoms with Crippen LogP contribution < -0.4 is 0 Å². The second-order valence-electron chi connectivity index (χ2n) is 7.19. The Hall–Kier alpha value is -1.39. The number of nitrogens with zero attached hydrogens (tertiary/aromatic N) is 2. The normalized spacial score (nSPS) is 34.3. The number of hydrogen-bond donors (Lipinski definition) is 0. The van der Waals surface area contributed by atoms with E-state index in [4.69, 9.17) is 4.74 Å². The van der Waals surface area contributed by atoms with Gasteiger partial charge in [0.1, 0.15) is 5.72 Å². The van der Waals surface area contributed by atoms with Gasteiger partial charge >= 0.3 is 0 Å². The van der Waals surface area contributed by atoms with E-state index in [-0.39, 0.29) is 11.8 Å². The molecule has 4 nitrogen and oxygen atoms in total. The number of carbonyl (C=O) groups is 1. The Morgan fingerprint density at radius 3 is 2.91 bits per heavy atom. The van der Waals surface area contributed by atoms with Gasteiger partial charge in [-0.25, -0.2) is 0 Å². The van der Waals surface area contributed by atoms with Gasteiger partial charge in [0.15, 0.2) is 0 Å². The van der Waals surface area contributed by atoms with Gasteiger partial charge in [0.05, 0.1) is 12.6 Å². The summed E-state index contributed by atoms with van der Waals surface area (Å²) in [5, 5.41) is 0. The van der Waals surface area contributed by atoms with Gasteiger partial charge in [-0.05, 0) is 18.4 Å². The fourth-order valence-corrected chi connectivity index (χ4v) is 4.70. The summed E-state index contributed by atoms with van der Waals surface area (Å²) in [5.41, 5.74) is 1.06. The van der Waals surface area contributed by atoms with Crippen molar-refractivity contribution in [1.82, 2.24) is 9.80 Å². The van der Waals surface area contributed by atoms with E-state index in [0.29, 0.717) is 18.2 Å². The van der Waals surface area contributed by atoms with Crippen molar-refractivity contribution in [2.75, 3.05) is 19.7 Å². The lowest BCUT2D eigenvalue weighted by molar-refractivity contribution is -0.192. The second-order valence-corrected chi connectivity index (χ2v) is 7.19. The summed E-state index contributed by atoms with van der Waals surface area (Å²) in [6, 6.07) is 10.9. The summed E-state index contributed by atoms with van der Waals surface area (Å²) in [7, 11) is 0. The molecule has 0 saturated carbocycles. The lowest BCUT2D eigenvalue weighted by Gasteiger charge is -2.52. The number of amides is 1. The van der Waals surface area contributed by atoms with Gasteiger partial charge in [-0.15, -0.1) is 0 Å². The largest absolute Gasteiger partial charge is 0.353 e. The van der Waals surface area contributed by atoms with Gasteiger partial charge in [0, 0.05) is 38.4 Å². The van der Waals surface area contributed by atoms with Crippen LogP contribution in [0.5, 0.6) is 0 Å². The van der Waals surface area contributed by atoms with Crippen molar-refractivity contribution in [3.63, 3.8) is 0 Å². The van der Waals surface area contributed by atoms with Crippen LogP contribution in [0.1, 0.15) is 38.2 Å². The standard InChI is InChI=1S/C19H26N2O2/c1-2-17-14-23-19-10-11-20(12-15-6-4-3-5-7-15)13-16(19)8-9-18(22)21(17)19/h3-7,16-17H,2,8-14H2,1H3/t16?,17-,19?/m1/s1. The molecule has 23 heavy (non-hydrogen) atoms. The fourth-order valence-electron chi connectivity index (χ4n) is 4.70. The summed E-state index contributed by atoms with van der Waals surface area (Å²) in [5.74, 6) is 0.760. The van der Waals surface area contributed by atoms with Gasteiger partial charge < -0.3 is 9.64 Å². The van der Waals surface area contributed by atoms with E-state index < -0.39 is 0 Å². The SMILES string of the molecule is CC[C@@H]1COC23CCN(Cc4ccccc4)CC2CCC(=O)N13. The number of rotatable bonds is 3. The zero-order chi connectivity index (χ0) is 15.9. The molecule has 0 bridgehead atoms. The lowest BCUT2D eigenvalue weighted by atomic mass is 9.79. The minimum atomic E-state index is -0.302. The zero-order valence-electron chi connectivity index (χ0n) is 13.9. The molecule has 2 unspecified atom stereocenters. The monoisotopic (exact) mass is 314 g/mol. The third-order valence-electron chi connectivity index (χ3n) is 5.90. The second kappa shape index (κ2) is 5.91. The van der Waals surface area contributed by atoms with E-state index in [1.54, 1.807) is 0 Å². The van der Waals surface area contributed by atoms with Gasteiger partial charge in [0.2, 0.25) is 5.91 Å². The molecule has 4 rings (SSSR count). The van der Waals surface area contributed by atoms with Crippen LogP contribution in [0, 0.1) is 5.92 Å². The summed E-state index contributed by atoms with van der Waals surface area (Å²) in [6.45, 7) is 5.92. The molecule has 3 aliphatic heterocycles. The van der Waals surface area contributed by atoms with Gasteiger partial charge in [-0.1, -0.05) is 37.3 Å². The van der Waals surface area contributed by atoms with Crippen molar-refractivity contribution in [2.45, 2.75) is 50.9 Å². The highest BCUT2D eigenvalue weighted by Gasteiger charge is 2.58. The highest BCUT2D eigenvalue weighted by atomic mass is 16.5. The molecular weight excluding hydrogens is 288 g/mol. The quantitative estimate of drug-likeness (QED) is 0.860. The van der Waals surface area contributed by atoms with Gasteiger partial charge in [0.25, 0.3) is 0 Å². The Morgan fingerprint density at radius 2 is 2.13 bits per heavy atom. The molecule has 0 N–H and O–H groups in total. The lowest BCUT2D eigenvalue weighted by Crippen LogP contribution is -2.64. The molecule has 3 saturated heterocycles. The van der Waals surface area contributed by atoms with Crippen LogP contribution in [0.15, 0.2) is 30.3 Å². The van der Waals surface area contributed by atoms with Crippen LogP contribution in [0.3, 0.4) is 0 Å². The van der Waals surface area contributed by atoms with Gasteiger partial charge in [-0.2, -0.15) is 0 Å². The Bertz CT molecular complexity index is 576. The van der Waals surface area contributed by atoms with Gasteiger partial charge in [-0.3, -0.25) is 9.69 Å². The van der Waals surface area contributed by atoms with Crippen molar-refractivity contribution in [1.29, 1.82) is 0 Å². The average Bonchev–Trinajstić information content (AvgIpc) is 2.96. The molecule has 0 aliphatic carbocycles. The number of carbonyl (C=O) groups excluding carboxylic acids is 1. The predicted octanol–water partition coefficient (Wildman–Crippen LogP) is 2.64. The molecule has 3 fully saturated rings.